The lowest BCUT2D eigenvalue weighted by atomic mass is 9.99. The Morgan fingerprint density at radius 2 is 1.92 bits per heavy atom. The Labute approximate surface area is 148 Å². The van der Waals surface area contributed by atoms with Gasteiger partial charge in [-0.15, -0.1) is 0 Å². The van der Waals surface area contributed by atoms with Gasteiger partial charge in [0, 0.05) is 44.1 Å². The molecule has 25 heavy (non-hydrogen) atoms. The van der Waals surface area contributed by atoms with Crippen LogP contribution < -0.4 is 10.2 Å². The Hall–Kier alpha value is -2.51. The second-order valence-electron chi connectivity index (χ2n) is 7.11. The molecule has 0 saturated carbocycles. The summed E-state index contributed by atoms with van der Waals surface area (Å²) in [7, 11) is 1.31. The van der Waals surface area contributed by atoms with Gasteiger partial charge in [-0.3, -0.25) is 5.32 Å². The van der Waals surface area contributed by atoms with Gasteiger partial charge in [-0.1, -0.05) is 20.8 Å². The molecule has 138 valence electrons. The maximum atomic E-state index is 12.1. The van der Waals surface area contributed by atoms with Crippen molar-refractivity contribution in [3.05, 3.63) is 18.3 Å². The fraction of sp³-hybridized carbons (Fsp3) is 0.588. The zero-order chi connectivity index (χ0) is 18.4. The van der Waals surface area contributed by atoms with Crippen LogP contribution in [0.5, 0.6) is 0 Å². The zero-order valence-electron chi connectivity index (χ0n) is 15.2. The van der Waals surface area contributed by atoms with Gasteiger partial charge in [-0.25, -0.2) is 14.6 Å². The van der Waals surface area contributed by atoms with Crippen LogP contribution in [0.2, 0.25) is 0 Å². The van der Waals surface area contributed by atoms with Crippen LogP contribution in [-0.2, 0) is 9.47 Å². The molecule has 0 unspecified atom stereocenters. The van der Waals surface area contributed by atoms with Crippen LogP contribution >= 0.6 is 0 Å². The second-order valence-corrected chi connectivity index (χ2v) is 7.11. The fourth-order valence-corrected chi connectivity index (χ4v) is 2.33. The molecule has 8 nitrogen and oxygen atoms in total. The summed E-state index contributed by atoms with van der Waals surface area (Å²) in [6.07, 6.45) is 0.831. The van der Waals surface area contributed by atoms with Gasteiger partial charge in [-0.2, -0.15) is 0 Å². The third-order valence-electron chi connectivity index (χ3n) is 3.67. The molecule has 2 amide bonds. The first kappa shape index (κ1) is 18.8. The third-order valence-corrected chi connectivity index (χ3v) is 3.67. The lowest BCUT2D eigenvalue weighted by Gasteiger charge is -2.35. The number of nitrogens with zero attached hydrogens (tertiary/aromatic N) is 3. The van der Waals surface area contributed by atoms with Gasteiger partial charge in [0.15, 0.2) is 0 Å². The molecule has 8 heteroatoms. The van der Waals surface area contributed by atoms with Gasteiger partial charge in [0.1, 0.15) is 5.82 Å². The minimum Gasteiger partial charge on any atom is -0.453 e. The number of carbonyl (C=O) groups excluding carboxylic acids is 2. The van der Waals surface area contributed by atoms with E-state index in [1.165, 1.54) is 7.11 Å². The number of hydrogen-bond acceptors (Lipinski definition) is 6. The molecule has 1 aromatic heterocycles. The topological polar surface area (TPSA) is 84.0 Å². The molecule has 2 heterocycles. The van der Waals surface area contributed by atoms with Crippen LogP contribution in [-0.4, -0.2) is 62.0 Å². The van der Waals surface area contributed by atoms with Crippen molar-refractivity contribution in [3.8, 4) is 0 Å². The van der Waals surface area contributed by atoms with E-state index in [9.17, 15) is 9.59 Å². The molecule has 0 aromatic carbocycles. The first-order valence-corrected chi connectivity index (χ1v) is 8.26. The van der Waals surface area contributed by atoms with Crippen LogP contribution in [0, 0.1) is 5.41 Å². The summed E-state index contributed by atoms with van der Waals surface area (Å²) in [6.45, 7) is 8.92. The van der Waals surface area contributed by atoms with E-state index >= 15 is 0 Å². The van der Waals surface area contributed by atoms with Crippen LogP contribution in [0.4, 0.5) is 21.1 Å². The van der Waals surface area contributed by atoms with E-state index in [1.54, 1.807) is 23.2 Å². The monoisotopic (exact) mass is 350 g/mol. The average Bonchev–Trinajstić information content (AvgIpc) is 2.59. The molecule has 1 fully saturated rings. The van der Waals surface area contributed by atoms with Crippen molar-refractivity contribution in [2.45, 2.75) is 20.8 Å². The number of carbonyl (C=O) groups is 2. The Balaban J connectivity index is 1.88. The molecule has 1 aromatic rings. The largest absolute Gasteiger partial charge is 0.453 e. The number of hydrogen-bond donors (Lipinski definition) is 1. The molecule has 0 aliphatic carbocycles. The maximum absolute atomic E-state index is 12.1. The third kappa shape index (κ3) is 5.81. The van der Waals surface area contributed by atoms with Crippen molar-refractivity contribution in [3.63, 3.8) is 0 Å². The van der Waals surface area contributed by atoms with Gasteiger partial charge in [-0.05, 0) is 11.5 Å². The molecule has 0 radical (unpaired) electrons. The van der Waals surface area contributed by atoms with Crippen molar-refractivity contribution in [1.82, 2.24) is 9.88 Å². The quantitative estimate of drug-likeness (QED) is 0.902. The van der Waals surface area contributed by atoms with Crippen LogP contribution in [0.25, 0.3) is 0 Å². The van der Waals surface area contributed by atoms with E-state index in [4.69, 9.17) is 4.74 Å². The van der Waals surface area contributed by atoms with Crippen LogP contribution in [0.3, 0.4) is 0 Å². The highest BCUT2D eigenvalue weighted by Gasteiger charge is 2.24. The number of methoxy groups -OCH3 is 1. The Bertz CT molecular complexity index is 607. The van der Waals surface area contributed by atoms with E-state index in [0.29, 0.717) is 38.5 Å². The van der Waals surface area contributed by atoms with Gasteiger partial charge < -0.3 is 19.3 Å². The van der Waals surface area contributed by atoms with Crippen molar-refractivity contribution in [2.24, 2.45) is 5.41 Å². The molecular weight excluding hydrogens is 324 g/mol. The van der Waals surface area contributed by atoms with Gasteiger partial charge >= 0.3 is 12.2 Å². The number of nitrogens with one attached hydrogen (secondary N) is 1. The highest BCUT2D eigenvalue weighted by Crippen LogP contribution is 2.19. The summed E-state index contributed by atoms with van der Waals surface area (Å²) in [5, 5.41) is 2.62. The van der Waals surface area contributed by atoms with Gasteiger partial charge in [0.2, 0.25) is 0 Å². The molecular formula is C17H26N4O4. The van der Waals surface area contributed by atoms with E-state index in [-0.39, 0.29) is 11.5 Å². The molecule has 2 rings (SSSR count). The predicted molar refractivity (Wildman–Crippen MR) is 94.9 cm³/mol. The highest BCUT2D eigenvalue weighted by atomic mass is 16.6. The number of pyridine rings is 1. The smallest absolute Gasteiger partial charge is 0.411 e. The number of ether oxygens (including phenoxy) is 2. The Kier molecular flexibility index (Phi) is 6.06. The molecule has 0 atom stereocenters. The van der Waals surface area contributed by atoms with E-state index in [2.05, 4.69) is 19.9 Å². The van der Waals surface area contributed by atoms with E-state index < -0.39 is 6.09 Å². The summed E-state index contributed by atoms with van der Waals surface area (Å²) in [6, 6.07) is 3.48. The van der Waals surface area contributed by atoms with Gasteiger partial charge in [0.25, 0.3) is 0 Å². The standard InChI is InChI=1S/C17H26N4O4/c1-17(2,3)12-25-16(23)21-9-7-20(8-10-21)14-11-13(5-6-18-14)19-15(22)24-4/h5-6,11H,7-10,12H2,1-4H3,(H,18,19,22). The lowest BCUT2D eigenvalue weighted by molar-refractivity contribution is 0.0707. The molecule has 0 spiro atoms. The number of anilines is 2. The summed E-state index contributed by atoms with van der Waals surface area (Å²) in [5.74, 6) is 0.747. The van der Waals surface area contributed by atoms with E-state index in [0.717, 1.165) is 5.82 Å². The second kappa shape index (κ2) is 8.04. The number of rotatable bonds is 3. The number of aromatic nitrogens is 1. The zero-order valence-corrected chi connectivity index (χ0v) is 15.2. The maximum Gasteiger partial charge on any atom is 0.411 e. The summed E-state index contributed by atoms with van der Waals surface area (Å²) in [5.41, 5.74) is 0.568. The summed E-state index contributed by atoms with van der Waals surface area (Å²) < 4.78 is 9.94. The van der Waals surface area contributed by atoms with Crippen molar-refractivity contribution < 1.29 is 19.1 Å². The summed E-state index contributed by atoms with van der Waals surface area (Å²) >= 11 is 0. The van der Waals surface area contributed by atoms with E-state index in [1.807, 2.05) is 20.8 Å². The molecule has 1 saturated heterocycles. The molecule has 1 N–H and O–H groups in total. The molecule has 1 aliphatic rings. The van der Waals surface area contributed by atoms with Crippen molar-refractivity contribution in [1.29, 1.82) is 0 Å². The Morgan fingerprint density at radius 1 is 1.24 bits per heavy atom. The molecule has 1 aliphatic heterocycles. The minimum absolute atomic E-state index is 0.0471. The predicted octanol–water partition coefficient (Wildman–Crippen LogP) is 2.56. The SMILES string of the molecule is COC(=O)Nc1ccnc(N2CCN(C(=O)OCC(C)(C)C)CC2)c1. The molecule has 0 bridgehead atoms. The van der Waals surface area contributed by atoms with Crippen molar-refractivity contribution in [2.75, 3.05) is 50.1 Å². The van der Waals surface area contributed by atoms with Gasteiger partial charge in [0.05, 0.1) is 13.7 Å². The van der Waals surface area contributed by atoms with Crippen molar-refractivity contribution >= 4 is 23.7 Å². The lowest BCUT2D eigenvalue weighted by Crippen LogP contribution is -2.49. The fourth-order valence-electron chi connectivity index (χ4n) is 2.33. The normalized spacial score (nSPS) is 14.9. The Morgan fingerprint density at radius 3 is 2.52 bits per heavy atom. The minimum atomic E-state index is -0.524. The van der Waals surface area contributed by atoms with Crippen LogP contribution in [0.15, 0.2) is 18.3 Å². The first-order chi connectivity index (χ1) is 11.8. The number of amides is 2. The highest BCUT2D eigenvalue weighted by molar-refractivity contribution is 5.84. The first-order valence-electron chi connectivity index (χ1n) is 8.26. The number of piperazine rings is 1. The van der Waals surface area contributed by atoms with Crippen LogP contribution in [0.1, 0.15) is 20.8 Å². The average molecular weight is 350 g/mol. The summed E-state index contributed by atoms with van der Waals surface area (Å²) in [4.78, 5) is 31.5.